The zero-order chi connectivity index (χ0) is 20.4. The predicted molar refractivity (Wildman–Crippen MR) is 114 cm³/mol. The van der Waals surface area contributed by atoms with Crippen LogP contribution in [0.25, 0.3) is 10.9 Å². The first kappa shape index (κ1) is 20.3. The molecule has 9 heteroatoms. The fourth-order valence-electron chi connectivity index (χ4n) is 4.37. The Morgan fingerprint density at radius 1 is 1.28 bits per heavy atom. The predicted octanol–water partition coefficient (Wildman–Crippen LogP) is 0.822. The molecule has 29 heavy (non-hydrogen) atoms. The van der Waals surface area contributed by atoms with E-state index in [1.54, 1.807) is 17.5 Å². The van der Waals surface area contributed by atoms with Crippen LogP contribution in [0.4, 0.5) is 0 Å². The second kappa shape index (κ2) is 8.81. The van der Waals surface area contributed by atoms with E-state index in [0.29, 0.717) is 25.4 Å². The molecule has 1 aromatic carbocycles. The number of likely N-dealkylation sites (tertiary alicyclic amines) is 1. The van der Waals surface area contributed by atoms with Gasteiger partial charge in [-0.05, 0) is 52.9 Å². The van der Waals surface area contributed by atoms with Gasteiger partial charge in [-0.1, -0.05) is 0 Å². The van der Waals surface area contributed by atoms with Crippen LogP contribution in [0.3, 0.4) is 0 Å². The highest BCUT2D eigenvalue weighted by Crippen LogP contribution is 2.26. The quantitative estimate of drug-likeness (QED) is 0.610. The molecule has 3 heterocycles. The molecule has 2 atom stereocenters. The molecule has 1 radical (unpaired) electrons. The molecule has 2 unspecified atom stereocenters. The first-order valence-corrected chi connectivity index (χ1v) is 10.8. The molecule has 1 aromatic heterocycles. The zero-order valence-electron chi connectivity index (χ0n) is 16.2. The van der Waals surface area contributed by atoms with Crippen molar-refractivity contribution in [1.29, 1.82) is 0 Å². The number of hydrogen-bond acceptors (Lipinski definition) is 5. The van der Waals surface area contributed by atoms with Gasteiger partial charge >= 0.3 is 0 Å². The number of benzene rings is 1. The summed E-state index contributed by atoms with van der Waals surface area (Å²) in [4.78, 5) is 29.0. The number of piperidine rings is 1. The number of piperazine rings is 1. The number of primary amides is 1. The number of fused-ring (bicyclic) bond motifs is 1. The van der Waals surface area contributed by atoms with Crippen LogP contribution in [0.1, 0.15) is 18.4 Å². The molecule has 2 amide bonds. The van der Waals surface area contributed by atoms with Gasteiger partial charge in [-0.25, -0.2) is 0 Å². The number of rotatable bonds is 5. The summed E-state index contributed by atoms with van der Waals surface area (Å²) in [7, 11) is 0. The van der Waals surface area contributed by atoms with Gasteiger partial charge in [0.1, 0.15) is 6.04 Å². The third-order valence-corrected chi connectivity index (χ3v) is 6.55. The number of nitrogens with zero attached hydrogens (tertiary/aromatic N) is 3. The standard InChI is InChI=1S/C20H26BrN6O2/c21-16-10-13(9-14-12-24-25-19(14)16)1-2-18(28)27-6-3-15(11-17(27)20(22)29)26-7-4-23-5-8-26/h2,9-10,12,15,17,23H,1,3-8,11H2,(H2,22,29)(H,24,25). The number of aromatic nitrogens is 2. The molecule has 8 nitrogen and oxygen atoms in total. The molecule has 0 spiro atoms. The van der Waals surface area contributed by atoms with E-state index >= 15 is 0 Å². The van der Waals surface area contributed by atoms with Gasteiger partial charge < -0.3 is 16.0 Å². The van der Waals surface area contributed by atoms with E-state index in [-0.39, 0.29) is 5.91 Å². The lowest BCUT2D eigenvalue weighted by Gasteiger charge is -2.43. The summed E-state index contributed by atoms with van der Waals surface area (Å²) in [5.74, 6) is -0.551. The van der Waals surface area contributed by atoms with Gasteiger partial charge in [0.25, 0.3) is 0 Å². The van der Waals surface area contributed by atoms with Gasteiger partial charge in [-0.3, -0.25) is 19.6 Å². The Kier molecular flexibility index (Phi) is 6.17. The van der Waals surface area contributed by atoms with Crippen LogP contribution < -0.4 is 11.1 Å². The lowest BCUT2D eigenvalue weighted by molar-refractivity contribution is -0.140. The summed E-state index contributed by atoms with van der Waals surface area (Å²) in [5, 5.41) is 11.3. The van der Waals surface area contributed by atoms with Gasteiger partial charge in [-0.2, -0.15) is 5.10 Å². The summed E-state index contributed by atoms with van der Waals surface area (Å²) in [6, 6.07) is 3.75. The number of hydrogen-bond donors (Lipinski definition) is 3. The lowest BCUT2D eigenvalue weighted by atomic mass is 9.94. The minimum Gasteiger partial charge on any atom is -0.368 e. The molecular weight excluding hydrogens is 436 g/mol. The minimum atomic E-state index is -0.546. The largest absolute Gasteiger partial charge is 0.368 e. The highest BCUT2D eigenvalue weighted by Gasteiger charge is 2.37. The maximum absolute atomic E-state index is 12.9. The van der Waals surface area contributed by atoms with Crippen molar-refractivity contribution in [3.63, 3.8) is 0 Å². The third kappa shape index (κ3) is 4.46. The topological polar surface area (TPSA) is 107 Å². The number of H-pyrrole nitrogens is 1. The minimum absolute atomic E-state index is 0.129. The van der Waals surface area contributed by atoms with Crippen LogP contribution in [0.15, 0.2) is 22.8 Å². The zero-order valence-corrected chi connectivity index (χ0v) is 17.8. The fourth-order valence-corrected chi connectivity index (χ4v) is 4.98. The normalized spacial score (nSPS) is 23.4. The number of amides is 2. The first-order valence-electron chi connectivity index (χ1n) is 10.0. The number of aromatic amines is 1. The SMILES string of the molecule is NC(=O)C1CC(N2CCNCC2)CCN1C(=O)[CH]Cc1cc(Br)c2[nH]ncc2c1. The Labute approximate surface area is 178 Å². The lowest BCUT2D eigenvalue weighted by Crippen LogP contribution is -2.58. The van der Waals surface area contributed by atoms with Gasteiger partial charge in [-0.15, -0.1) is 0 Å². The van der Waals surface area contributed by atoms with Gasteiger partial charge in [0.05, 0.1) is 18.1 Å². The molecule has 2 aliphatic rings. The molecule has 4 N–H and O–H groups in total. The summed E-state index contributed by atoms with van der Waals surface area (Å²) in [6.07, 6.45) is 5.38. The van der Waals surface area contributed by atoms with E-state index in [4.69, 9.17) is 5.73 Å². The molecule has 155 valence electrons. The highest BCUT2D eigenvalue weighted by atomic mass is 79.9. The van der Waals surface area contributed by atoms with E-state index in [2.05, 4.69) is 36.3 Å². The van der Waals surface area contributed by atoms with E-state index in [1.807, 2.05) is 12.1 Å². The van der Waals surface area contributed by atoms with Gasteiger partial charge in [0.15, 0.2) is 0 Å². The van der Waals surface area contributed by atoms with Crippen molar-refractivity contribution < 1.29 is 9.59 Å². The van der Waals surface area contributed by atoms with Gasteiger partial charge in [0.2, 0.25) is 11.8 Å². The number of halogens is 1. The Morgan fingerprint density at radius 3 is 2.83 bits per heavy atom. The van der Waals surface area contributed by atoms with Crippen molar-refractivity contribution in [2.45, 2.75) is 31.3 Å². The average molecular weight is 462 g/mol. The summed E-state index contributed by atoms with van der Waals surface area (Å²) in [6.45, 7) is 4.43. The Balaban J connectivity index is 1.39. The Bertz CT molecular complexity index is 894. The molecule has 0 aliphatic carbocycles. The molecule has 2 aromatic rings. The highest BCUT2D eigenvalue weighted by molar-refractivity contribution is 9.10. The molecule has 2 saturated heterocycles. The fraction of sp³-hybridized carbons (Fsp3) is 0.500. The van der Waals surface area contributed by atoms with Crippen molar-refractivity contribution >= 4 is 38.6 Å². The van der Waals surface area contributed by atoms with E-state index in [0.717, 1.165) is 53.5 Å². The average Bonchev–Trinajstić information content (AvgIpc) is 3.21. The molecule has 0 bridgehead atoms. The second-order valence-electron chi connectivity index (χ2n) is 7.73. The number of carbonyl (C=O) groups excluding carboxylic acids is 2. The Morgan fingerprint density at radius 2 is 2.07 bits per heavy atom. The van der Waals surface area contributed by atoms with Crippen LogP contribution in [0, 0.1) is 6.42 Å². The maximum Gasteiger partial charge on any atom is 0.240 e. The van der Waals surface area contributed by atoms with Crippen molar-refractivity contribution in [2.24, 2.45) is 5.73 Å². The molecule has 0 saturated carbocycles. The Hall–Kier alpha value is -1.97. The van der Waals surface area contributed by atoms with Crippen molar-refractivity contribution in [3.8, 4) is 0 Å². The summed E-state index contributed by atoms with van der Waals surface area (Å²) in [5.41, 5.74) is 7.61. The number of carbonyl (C=O) groups is 2. The maximum atomic E-state index is 12.9. The van der Waals surface area contributed by atoms with E-state index in [1.165, 1.54) is 0 Å². The molecule has 2 aliphatic heterocycles. The molecule has 4 rings (SSSR count). The smallest absolute Gasteiger partial charge is 0.240 e. The number of nitrogens with two attached hydrogens (primary N) is 1. The van der Waals surface area contributed by atoms with Gasteiger partial charge in [0, 0.05) is 48.6 Å². The summed E-state index contributed by atoms with van der Waals surface area (Å²) < 4.78 is 0.912. The van der Waals surface area contributed by atoms with Crippen LogP contribution >= 0.6 is 15.9 Å². The monoisotopic (exact) mass is 461 g/mol. The summed E-state index contributed by atoms with van der Waals surface area (Å²) >= 11 is 3.53. The van der Waals surface area contributed by atoms with Crippen LogP contribution in [-0.2, 0) is 16.0 Å². The first-order chi connectivity index (χ1) is 14.0. The van der Waals surface area contributed by atoms with Crippen LogP contribution in [0.5, 0.6) is 0 Å². The van der Waals surface area contributed by atoms with E-state index in [9.17, 15) is 9.59 Å². The van der Waals surface area contributed by atoms with Crippen LogP contribution in [-0.4, -0.2) is 76.6 Å². The van der Waals surface area contributed by atoms with Crippen molar-refractivity contribution in [3.05, 3.63) is 34.8 Å². The van der Waals surface area contributed by atoms with Crippen molar-refractivity contribution in [1.82, 2.24) is 25.3 Å². The second-order valence-corrected chi connectivity index (χ2v) is 8.59. The number of nitrogens with one attached hydrogen (secondary N) is 2. The molecule has 2 fully saturated rings. The third-order valence-electron chi connectivity index (χ3n) is 5.93. The van der Waals surface area contributed by atoms with Crippen molar-refractivity contribution in [2.75, 3.05) is 32.7 Å². The van der Waals surface area contributed by atoms with E-state index < -0.39 is 11.9 Å². The van der Waals surface area contributed by atoms with Crippen LogP contribution in [0.2, 0.25) is 0 Å². The molecular formula is C20H26BrN6O2.